The SMILES string of the molecule is NCCc1ccccc1C1CCS(=O)(=O)C1. The van der Waals surface area contributed by atoms with Crippen LogP contribution in [-0.2, 0) is 16.3 Å². The summed E-state index contributed by atoms with van der Waals surface area (Å²) in [5.74, 6) is 0.802. The second-order valence-corrected chi connectivity index (χ2v) is 6.57. The molecule has 0 aromatic heterocycles. The predicted molar refractivity (Wildman–Crippen MR) is 65.2 cm³/mol. The molecule has 0 bridgehead atoms. The molecule has 0 saturated carbocycles. The molecule has 2 N–H and O–H groups in total. The summed E-state index contributed by atoms with van der Waals surface area (Å²) < 4.78 is 22.9. The average molecular weight is 239 g/mol. The van der Waals surface area contributed by atoms with Gasteiger partial charge >= 0.3 is 0 Å². The van der Waals surface area contributed by atoms with E-state index < -0.39 is 9.84 Å². The topological polar surface area (TPSA) is 60.2 Å². The lowest BCUT2D eigenvalue weighted by molar-refractivity contribution is 0.601. The molecule has 0 amide bonds. The summed E-state index contributed by atoms with van der Waals surface area (Å²) >= 11 is 0. The van der Waals surface area contributed by atoms with Crippen molar-refractivity contribution in [2.75, 3.05) is 18.1 Å². The van der Waals surface area contributed by atoms with E-state index in [2.05, 4.69) is 0 Å². The van der Waals surface area contributed by atoms with Gasteiger partial charge in [-0.15, -0.1) is 0 Å². The molecule has 1 aromatic carbocycles. The quantitative estimate of drug-likeness (QED) is 0.859. The standard InChI is InChI=1S/C12H17NO2S/c13-7-5-10-3-1-2-4-12(10)11-6-8-16(14,15)9-11/h1-4,11H,5-9,13H2. The van der Waals surface area contributed by atoms with E-state index in [0.717, 1.165) is 12.8 Å². The maximum Gasteiger partial charge on any atom is 0.150 e. The van der Waals surface area contributed by atoms with Crippen molar-refractivity contribution < 1.29 is 8.42 Å². The molecule has 1 fully saturated rings. The van der Waals surface area contributed by atoms with Crippen molar-refractivity contribution in [1.29, 1.82) is 0 Å². The Kier molecular flexibility index (Phi) is 3.30. The Hall–Kier alpha value is -0.870. The Morgan fingerprint density at radius 2 is 2.06 bits per heavy atom. The molecule has 3 nitrogen and oxygen atoms in total. The summed E-state index contributed by atoms with van der Waals surface area (Å²) in [6, 6.07) is 8.04. The van der Waals surface area contributed by atoms with E-state index in [1.54, 1.807) is 0 Å². The molecule has 4 heteroatoms. The summed E-state index contributed by atoms with van der Waals surface area (Å²) in [5.41, 5.74) is 7.94. The van der Waals surface area contributed by atoms with E-state index >= 15 is 0 Å². The number of nitrogens with two attached hydrogens (primary N) is 1. The van der Waals surface area contributed by atoms with Crippen LogP contribution in [0.1, 0.15) is 23.5 Å². The van der Waals surface area contributed by atoms with Crippen molar-refractivity contribution in [2.24, 2.45) is 5.73 Å². The van der Waals surface area contributed by atoms with Crippen LogP contribution in [-0.4, -0.2) is 26.5 Å². The Balaban J connectivity index is 2.27. The molecule has 1 atom stereocenters. The van der Waals surface area contributed by atoms with Gasteiger partial charge in [0.15, 0.2) is 9.84 Å². The van der Waals surface area contributed by atoms with E-state index in [1.807, 2.05) is 24.3 Å². The highest BCUT2D eigenvalue weighted by molar-refractivity contribution is 7.91. The Morgan fingerprint density at radius 3 is 2.69 bits per heavy atom. The van der Waals surface area contributed by atoms with Crippen molar-refractivity contribution >= 4 is 9.84 Å². The van der Waals surface area contributed by atoms with Gasteiger partial charge in [-0.05, 0) is 36.4 Å². The van der Waals surface area contributed by atoms with Crippen LogP contribution in [0.2, 0.25) is 0 Å². The van der Waals surface area contributed by atoms with Gasteiger partial charge in [0, 0.05) is 0 Å². The van der Waals surface area contributed by atoms with E-state index in [9.17, 15) is 8.42 Å². The molecule has 1 aliphatic rings. The average Bonchev–Trinajstić information content (AvgIpc) is 2.60. The maximum absolute atomic E-state index is 11.5. The lowest BCUT2D eigenvalue weighted by Crippen LogP contribution is -2.09. The number of hydrogen-bond acceptors (Lipinski definition) is 3. The normalized spacial score (nSPS) is 23.4. The van der Waals surface area contributed by atoms with Gasteiger partial charge in [-0.3, -0.25) is 0 Å². The minimum atomic E-state index is -2.81. The van der Waals surface area contributed by atoms with Crippen LogP contribution in [0, 0.1) is 0 Å². The van der Waals surface area contributed by atoms with Gasteiger partial charge in [-0.1, -0.05) is 24.3 Å². The van der Waals surface area contributed by atoms with Crippen LogP contribution in [0.15, 0.2) is 24.3 Å². The molecule has 0 radical (unpaired) electrons. The lowest BCUT2D eigenvalue weighted by Gasteiger charge is -2.13. The molecule has 1 unspecified atom stereocenters. The van der Waals surface area contributed by atoms with Crippen molar-refractivity contribution in [2.45, 2.75) is 18.8 Å². The molecule has 88 valence electrons. The highest BCUT2D eigenvalue weighted by atomic mass is 32.2. The maximum atomic E-state index is 11.5. The highest BCUT2D eigenvalue weighted by Crippen LogP contribution is 2.31. The third-order valence-corrected chi connectivity index (χ3v) is 4.91. The van der Waals surface area contributed by atoms with E-state index in [1.165, 1.54) is 11.1 Å². The first-order valence-electron chi connectivity index (χ1n) is 5.61. The second-order valence-electron chi connectivity index (χ2n) is 4.34. The molecular weight excluding hydrogens is 222 g/mol. The Morgan fingerprint density at radius 1 is 1.31 bits per heavy atom. The van der Waals surface area contributed by atoms with Crippen LogP contribution in [0.4, 0.5) is 0 Å². The van der Waals surface area contributed by atoms with Gasteiger partial charge in [-0.2, -0.15) is 0 Å². The van der Waals surface area contributed by atoms with Crippen molar-refractivity contribution in [1.82, 2.24) is 0 Å². The van der Waals surface area contributed by atoms with Gasteiger partial charge in [0.1, 0.15) is 0 Å². The number of hydrogen-bond donors (Lipinski definition) is 1. The van der Waals surface area contributed by atoms with Crippen LogP contribution in [0.3, 0.4) is 0 Å². The zero-order valence-corrected chi connectivity index (χ0v) is 10.0. The third kappa shape index (κ3) is 2.44. The summed E-state index contributed by atoms with van der Waals surface area (Å²) in [5, 5.41) is 0. The first-order chi connectivity index (χ1) is 7.62. The Bertz CT molecular complexity index is 468. The fourth-order valence-electron chi connectivity index (χ4n) is 2.36. The van der Waals surface area contributed by atoms with Crippen LogP contribution in [0.5, 0.6) is 0 Å². The van der Waals surface area contributed by atoms with E-state index in [-0.39, 0.29) is 5.92 Å². The van der Waals surface area contributed by atoms with Gasteiger partial charge in [0.25, 0.3) is 0 Å². The van der Waals surface area contributed by atoms with E-state index in [4.69, 9.17) is 5.73 Å². The molecule has 0 spiro atoms. The summed E-state index contributed by atoms with van der Waals surface area (Å²) in [6.07, 6.45) is 1.58. The van der Waals surface area contributed by atoms with Gasteiger partial charge < -0.3 is 5.73 Å². The molecule has 1 heterocycles. The van der Waals surface area contributed by atoms with Crippen LogP contribution in [0.25, 0.3) is 0 Å². The highest BCUT2D eigenvalue weighted by Gasteiger charge is 2.29. The predicted octanol–water partition coefficient (Wildman–Crippen LogP) is 1.09. The molecule has 0 aliphatic carbocycles. The monoisotopic (exact) mass is 239 g/mol. The minimum absolute atomic E-state index is 0.174. The van der Waals surface area contributed by atoms with Gasteiger partial charge in [-0.25, -0.2) is 8.42 Å². The summed E-state index contributed by atoms with van der Waals surface area (Å²) in [4.78, 5) is 0. The minimum Gasteiger partial charge on any atom is -0.330 e. The van der Waals surface area contributed by atoms with Crippen molar-refractivity contribution in [3.8, 4) is 0 Å². The van der Waals surface area contributed by atoms with Crippen LogP contribution >= 0.6 is 0 Å². The number of sulfone groups is 1. The first kappa shape index (κ1) is 11.6. The number of rotatable bonds is 3. The first-order valence-corrected chi connectivity index (χ1v) is 7.43. The zero-order chi connectivity index (χ0) is 11.6. The fraction of sp³-hybridized carbons (Fsp3) is 0.500. The molecule has 1 saturated heterocycles. The number of benzene rings is 1. The second kappa shape index (κ2) is 4.55. The summed E-state index contributed by atoms with van der Waals surface area (Å²) in [6.45, 7) is 0.608. The molecule has 1 aromatic rings. The zero-order valence-electron chi connectivity index (χ0n) is 9.22. The lowest BCUT2D eigenvalue weighted by atomic mass is 9.92. The van der Waals surface area contributed by atoms with Crippen LogP contribution < -0.4 is 5.73 Å². The van der Waals surface area contributed by atoms with Crippen molar-refractivity contribution in [3.63, 3.8) is 0 Å². The largest absolute Gasteiger partial charge is 0.330 e. The smallest absolute Gasteiger partial charge is 0.150 e. The summed E-state index contributed by atoms with van der Waals surface area (Å²) in [7, 11) is -2.81. The molecule has 1 aliphatic heterocycles. The Labute approximate surface area is 96.6 Å². The van der Waals surface area contributed by atoms with Gasteiger partial charge in [0.2, 0.25) is 0 Å². The molecule has 16 heavy (non-hydrogen) atoms. The van der Waals surface area contributed by atoms with E-state index in [0.29, 0.717) is 18.1 Å². The fourth-order valence-corrected chi connectivity index (χ4v) is 4.13. The molecule has 2 rings (SSSR count). The molecular formula is C12H17NO2S. The van der Waals surface area contributed by atoms with Gasteiger partial charge in [0.05, 0.1) is 11.5 Å². The third-order valence-electron chi connectivity index (χ3n) is 3.14. The van der Waals surface area contributed by atoms with Crippen molar-refractivity contribution in [3.05, 3.63) is 35.4 Å².